The number of imidazole rings is 1. The summed E-state index contributed by atoms with van der Waals surface area (Å²) in [6.45, 7) is 7.52. The second-order valence-electron chi connectivity index (χ2n) is 3.90. The van der Waals surface area contributed by atoms with Gasteiger partial charge in [0.05, 0.1) is 0 Å². The van der Waals surface area contributed by atoms with Gasteiger partial charge in [0.1, 0.15) is 5.82 Å². The van der Waals surface area contributed by atoms with Gasteiger partial charge in [-0.2, -0.15) is 0 Å². The minimum absolute atomic E-state index is 0.0810. The van der Waals surface area contributed by atoms with E-state index in [0.717, 1.165) is 5.82 Å². The Hall–Kier alpha value is -1.12. The van der Waals surface area contributed by atoms with E-state index in [9.17, 15) is 4.79 Å². The molecule has 0 aliphatic carbocycles. The van der Waals surface area contributed by atoms with Gasteiger partial charge in [0.15, 0.2) is 0 Å². The molecule has 1 aromatic rings. The minimum Gasteiger partial charge on any atom is -0.273 e. The third-order valence-electron chi connectivity index (χ3n) is 1.69. The van der Waals surface area contributed by atoms with E-state index in [4.69, 9.17) is 0 Å². The number of nitrogens with zero attached hydrogens (tertiary/aromatic N) is 2. The molecule has 1 rings (SSSR count). The summed E-state index contributed by atoms with van der Waals surface area (Å²) in [6.07, 6.45) is 3.34. The fraction of sp³-hybridized carbons (Fsp3) is 0.556. The molecular weight excluding hydrogens is 152 g/mol. The zero-order valence-electron chi connectivity index (χ0n) is 7.96. The summed E-state index contributed by atoms with van der Waals surface area (Å²) < 4.78 is 1.58. The lowest BCUT2D eigenvalue weighted by Gasteiger charge is -2.17. The van der Waals surface area contributed by atoms with Crippen LogP contribution in [0.1, 0.15) is 31.4 Å². The highest BCUT2D eigenvalue weighted by atomic mass is 16.2. The van der Waals surface area contributed by atoms with Crippen molar-refractivity contribution < 1.29 is 4.79 Å². The van der Waals surface area contributed by atoms with Crippen molar-refractivity contribution in [3.05, 3.63) is 18.2 Å². The van der Waals surface area contributed by atoms with Gasteiger partial charge in [-0.05, 0) is 6.92 Å². The van der Waals surface area contributed by atoms with Gasteiger partial charge in [0, 0.05) is 17.8 Å². The maximum Gasteiger partial charge on any atom is 0.237 e. The maximum absolute atomic E-state index is 11.7. The van der Waals surface area contributed by atoms with Crippen molar-refractivity contribution in [2.24, 2.45) is 5.41 Å². The first-order valence-corrected chi connectivity index (χ1v) is 3.97. The molecule has 0 aromatic carbocycles. The average molecular weight is 166 g/mol. The summed E-state index contributed by atoms with van der Waals surface area (Å²) in [7, 11) is 0. The molecule has 0 N–H and O–H groups in total. The molecule has 1 heterocycles. The summed E-state index contributed by atoms with van der Waals surface area (Å²) in [5, 5.41) is 0. The Morgan fingerprint density at radius 1 is 1.50 bits per heavy atom. The van der Waals surface area contributed by atoms with E-state index in [1.807, 2.05) is 27.7 Å². The van der Waals surface area contributed by atoms with Crippen LogP contribution in [0.3, 0.4) is 0 Å². The second kappa shape index (κ2) is 2.73. The van der Waals surface area contributed by atoms with Crippen LogP contribution in [0.25, 0.3) is 0 Å². The highest BCUT2D eigenvalue weighted by Gasteiger charge is 2.23. The SMILES string of the molecule is Cc1nccn1C(=O)C(C)(C)C. The Morgan fingerprint density at radius 2 is 2.08 bits per heavy atom. The van der Waals surface area contributed by atoms with Crippen LogP contribution in [0.15, 0.2) is 12.4 Å². The largest absolute Gasteiger partial charge is 0.273 e. The lowest BCUT2D eigenvalue weighted by atomic mass is 9.95. The molecule has 0 radical (unpaired) electrons. The Bertz CT molecular complexity index is 294. The summed E-state index contributed by atoms with van der Waals surface area (Å²) >= 11 is 0. The summed E-state index contributed by atoms with van der Waals surface area (Å²) in [5.41, 5.74) is -0.342. The second-order valence-corrected chi connectivity index (χ2v) is 3.90. The van der Waals surface area contributed by atoms with Crippen molar-refractivity contribution in [2.45, 2.75) is 27.7 Å². The summed E-state index contributed by atoms with van der Waals surface area (Å²) in [4.78, 5) is 15.7. The van der Waals surface area contributed by atoms with E-state index >= 15 is 0 Å². The van der Waals surface area contributed by atoms with E-state index in [-0.39, 0.29) is 11.3 Å². The zero-order chi connectivity index (χ0) is 9.35. The molecule has 3 heteroatoms. The molecular formula is C9H14N2O. The summed E-state index contributed by atoms with van der Waals surface area (Å²) in [5.74, 6) is 0.826. The van der Waals surface area contributed by atoms with Gasteiger partial charge < -0.3 is 0 Å². The molecule has 12 heavy (non-hydrogen) atoms. The number of hydrogen-bond acceptors (Lipinski definition) is 2. The number of rotatable bonds is 0. The lowest BCUT2D eigenvalue weighted by Crippen LogP contribution is -2.26. The van der Waals surface area contributed by atoms with Crippen molar-refractivity contribution in [2.75, 3.05) is 0 Å². The predicted molar refractivity (Wildman–Crippen MR) is 47.0 cm³/mol. The lowest BCUT2D eigenvalue weighted by molar-refractivity contribution is 0.0764. The molecule has 0 saturated heterocycles. The van der Waals surface area contributed by atoms with Crippen molar-refractivity contribution in [3.63, 3.8) is 0 Å². The van der Waals surface area contributed by atoms with E-state index < -0.39 is 0 Å². The van der Waals surface area contributed by atoms with Gasteiger partial charge in [-0.25, -0.2) is 4.98 Å². The van der Waals surface area contributed by atoms with Crippen molar-refractivity contribution >= 4 is 5.91 Å². The van der Waals surface area contributed by atoms with Crippen LogP contribution in [0.4, 0.5) is 0 Å². The first kappa shape index (κ1) is 8.97. The smallest absolute Gasteiger partial charge is 0.237 e. The van der Waals surface area contributed by atoms with Crippen molar-refractivity contribution in [1.82, 2.24) is 9.55 Å². The van der Waals surface area contributed by atoms with Gasteiger partial charge >= 0.3 is 0 Å². The molecule has 66 valence electrons. The number of carbonyl (C=O) groups is 1. The highest BCUT2D eigenvalue weighted by Crippen LogP contribution is 2.16. The van der Waals surface area contributed by atoms with Crippen LogP contribution >= 0.6 is 0 Å². The van der Waals surface area contributed by atoms with E-state index in [2.05, 4.69) is 4.98 Å². The standard InChI is InChI=1S/C9H14N2O/c1-7-10-5-6-11(7)8(12)9(2,3)4/h5-6H,1-4H3. The molecule has 0 unspecified atom stereocenters. The van der Waals surface area contributed by atoms with Gasteiger partial charge in [0.25, 0.3) is 0 Å². The number of hydrogen-bond donors (Lipinski definition) is 0. The van der Waals surface area contributed by atoms with Crippen LogP contribution in [0.5, 0.6) is 0 Å². The number of aromatic nitrogens is 2. The molecule has 0 amide bonds. The van der Waals surface area contributed by atoms with Crippen molar-refractivity contribution in [1.29, 1.82) is 0 Å². The molecule has 0 saturated carbocycles. The fourth-order valence-electron chi connectivity index (χ4n) is 0.954. The van der Waals surface area contributed by atoms with Crippen LogP contribution < -0.4 is 0 Å². The molecule has 1 aromatic heterocycles. The van der Waals surface area contributed by atoms with Crippen LogP contribution in [0.2, 0.25) is 0 Å². The maximum atomic E-state index is 11.7. The van der Waals surface area contributed by atoms with Crippen LogP contribution in [-0.2, 0) is 0 Å². The molecule has 3 nitrogen and oxygen atoms in total. The van der Waals surface area contributed by atoms with Crippen LogP contribution in [0, 0.1) is 12.3 Å². The Labute approximate surface area is 72.4 Å². The van der Waals surface area contributed by atoms with E-state index in [0.29, 0.717) is 0 Å². The molecule has 0 spiro atoms. The first-order valence-electron chi connectivity index (χ1n) is 3.97. The zero-order valence-corrected chi connectivity index (χ0v) is 7.96. The minimum atomic E-state index is -0.342. The third-order valence-corrected chi connectivity index (χ3v) is 1.69. The van der Waals surface area contributed by atoms with Gasteiger partial charge in [-0.1, -0.05) is 20.8 Å². The Balaban J connectivity index is 3.01. The summed E-state index contributed by atoms with van der Waals surface area (Å²) in [6, 6.07) is 0. The normalized spacial score (nSPS) is 11.7. The Kier molecular flexibility index (Phi) is 2.04. The highest BCUT2D eigenvalue weighted by molar-refractivity contribution is 5.84. The molecule has 0 fully saturated rings. The van der Waals surface area contributed by atoms with Gasteiger partial charge in [0.2, 0.25) is 5.91 Å². The number of aryl methyl sites for hydroxylation is 1. The Morgan fingerprint density at radius 3 is 2.42 bits per heavy atom. The first-order chi connectivity index (χ1) is 5.43. The topological polar surface area (TPSA) is 34.9 Å². The predicted octanol–water partition coefficient (Wildman–Crippen LogP) is 1.88. The quantitative estimate of drug-likeness (QED) is 0.589. The van der Waals surface area contributed by atoms with Gasteiger partial charge in [-0.15, -0.1) is 0 Å². The number of carbonyl (C=O) groups excluding carboxylic acids is 1. The van der Waals surface area contributed by atoms with E-state index in [1.165, 1.54) is 0 Å². The fourth-order valence-corrected chi connectivity index (χ4v) is 0.954. The van der Waals surface area contributed by atoms with Crippen LogP contribution in [-0.4, -0.2) is 15.5 Å². The average Bonchev–Trinajstić information content (AvgIpc) is 2.31. The van der Waals surface area contributed by atoms with Crippen molar-refractivity contribution in [3.8, 4) is 0 Å². The molecule has 0 atom stereocenters. The third kappa shape index (κ3) is 1.55. The molecule has 0 aliphatic heterocycles. The molecule has 0 aliphatic rings. The van der Waals surface area contributed by atoms with E-state index in [1.54, 1.807) is 17.0 Å². The van der Waals surface area contributed by atoms with Gasteiger partial charge in [-0.3, -0.25) is 9.36 Å². The monoisotopic (exact) mass is 166 g/mol. The molecule has 0 bridgehead atoms.